The van der Waals surface area contributed by atoms with E-state index >= 15 is 0 Å². The predicted octanol–water partition coefficient (Wildman–Crippen LogP) is 6.16. The Bertz CT molecular complexity index is 985. The van der Waals surface area contributed by atoms with Gasteiger partial charge in [0.25, 0.3) is 0 Å². The summed E-state index contributed by atoms with van der Waals surface area (Å²) >= 11 is 13.7. The number of thioether (sulfide) groups is 1. The molecule has 4 rings (SSSR count). The Labute approximate surface area is 204 Å². The van der Waals surface area contributed by atoms with Gasteiger partial charge in [0.15, 0.2) is 0 Å². The Morgan fingerprint density at radius 2 is 1.41 bits per heavy atom. The lowest BCUT2D eigenvalue weighted by molar-refractivity contribution is -0.130. The first-order valence-corrected chi connectivity index (χ1v) is 12.7. The minimum absolute atomic E-state index is 0.200. The van der Waals surface area contributed by atoms with Crippen LogP contribution in [0.3, 0.4) is 0 Å². The van der Waals surface area contributed by atoms with Crippen molar-refractivity contribution in [3.63, 3.8) is 0 Å². The van der Waals surface area contributed by atoms with Crippen LogP contribution in [-0.4, -0.2) is 47.6 Å². The maximum Gasteiger partial charge on any atom is 0.232 e. The number of piperazine rings is 1. The minimum atomic E-state index is 0.200. The van der Waals surface area contributed by atoms with E-state index in [9.17, 15) is 4.79 Å². The van der Waals surface area contributed by atoms with E-state index in [2.05, 4.69) is 65.6 Å². The van der Waals surface area contributed by atoms with Gasteiger partial charge >= 0.3 is 0 Å². The van der Waals surface area contributed by atoms with E-state index in [1.807, 2.05) is 17.0 Å². The van der Waals surface area contributed by atoms with Crippen LogP contribution in [0, 0.1) is 0 Å². The maximum atomic E-state index is 12.8. The first kappa shape index (κ1) is 23.2. The Morgan fingerprint density at radius 1 is 0.812 bits per heavy atom. The third-order valence-electron chi connectivity index (χ3n) is 5.74. The molecule has 1 saturated heterocycles. The number of hydrogen-bond acceptors (Lipinski definition) is 3. The summed E-state index contributed by atoms with van der Waals surface area (Å²) in [6.07, 6.45) is 0. The summed E-state index contributed by atoms with van der Waals surface area (Å²) in [5.74, 6) is 1.42. The summed E-state index contributed by atoms with van der Waals surface area (Å²) in [6, 6.07) is 27.1. The molecule has 0 aromatic heterocycles. The van der Waals surface area contributed by atoms with Gasteiger partial charge in [0.1, 0.15) is 0 Å². The quantitative estimate of drug-likeness (QED) is 0.401. The largest absolute Gasteiger partial charge is 0.339 e. The van der Waals surface area contributed by atoms with Crippen LogP contribution in [-0.2, 0) is 10.5 Å². The van der Waals surface area contributed by atoms with Crippen molar-refractivity contribution in [2.24, 2.45) is 0 Å². The Hall–Kier alpha value is -1.98. The minimum Gasteiger partial charge on any atom is -0.339 e. The summed E-state index contributed by atoms with van der Waals surface area (Å²) in [5, 5.41) is 1.11. The second-order valence-electron chi connectivity index (χ2n) is 7.88. The molecule has 0 saturated carbocycles. The number of carbonyl (C=O) groups is 1. The number of carbonyl (C=O) groups excluding carboxylic acids is 1. The van der Waals surface area contributed by atoms with Gasteiger partial charge in [0, 0.05) is 31.9 Å². The molecule has 1 aliphatic rings. The molecule has 3 aromatic carbocycles. The van der Waals surface area contributed by atoms with Gasteiger partial charge < -0.3 is 4.90 Å². The number of amides is 1. The average molecular weight is 485 g/mol. The molecule has 1 aliphatic heterocycles. The topological polar surface area (TPSA) is 23.6 Å². The molecule has 1 heterocycles. The molecule has 3 aromatic rings. The molecular weight excluding hydrogens is 459 g/mol. The number of benzene rings is 3. The fourth-order valence-electron chi connectivity index (χ4n) is 4.09. The first-order valence-electron chi connectivity index (χ1n) is 10.8. The van der Waals surface area contributed by atoms with Crippen LogP contribution in [0.5, 0.6) is 0 Å². The highest BCUT2D eigenvalue weighted by molar-refractivity contribution is 7.99. The van der Waals surface area contributed by atoms with E-state index in [-0.39, 0.29) is 11.9 Å². The van der Waals surface area contributed by atoms with Gasteiger partial charge in [0.2, 0.25) is 5.91 Å². The average Bonchev–Trinajstić information content (AvgIpc) is 2.83. The fraction of sp³-hybridized carbons (Fsp3) is 0.269. The SMILES string of the molecule is O=C(CSCc1ccc(Cl)c(Cl)c1)N1CCN(C(c2ccccc2)c2ccccc2)CC1. The molecule has 3 nitrogen and oxygen atoms in total. The van der Waals surface area contributed by atoms with Crippen LogP contribution in [0.2, 0.25) is 10.0 Å². The molecule has 1 fully saturated rings. The number of halogens is 2. The van der Waals surface area contributed by atoms with Crippen LogP contribution < -0.4 is 0 Å². The van der Waals surface area contributed by atoms with Crippen molar-refractivity contribution in [2.75, 3.05) is 31.9 Å². The second-order valence-corrected chi connectivity index (χ2v) is 9.68. The lowest BCUT2D eigenvalue weighted by Gasteiger charge is -2.39. The van der Waals surface area contributed by atoms with Gasteiger partial charge in [-0.25, -0.2) is 0 Å². The predicted molar refractivity (Wildman–Crippen MR) is 136 cm³/mol. The van der Waals surface area contributed by atoms with Crippen molar-refractivity contribution in [3.8, 4) is 0 Å². The molecule has 6 heteroatoms. The summed E-state index contributed by atoms with van der Waals surface area (Å²) in [4.78, 5) is 17.2. The highest BCUT2D eigenvalue weighted by atomic mass is 35.5. The van der Waals surface area contributed by atoms with E-state index in [1.54, 1.807) is 17.8 Å². The van der Waals surface area contributed by atoms with Crippen LogP contribution >= 0.6 is 35.0 Å². The zero-order valence-corrected chi connectivity index (χ0v) is 20.1. The summed E-state index contributed by atoms with van der Waals surface area (Å²) in [6.45, 7) is 3.22. The molecule has 0 bridgehead atoms. The molecule has 0 aliphatic carbocycles. The van der Waals surface area contributed by atoms with Gasteiger partial charge in [-0.3, -0.25) is 9.69 Å². The van der Waals surface area contributed by atoms with Crippen LogP contribution in [0.15, 0.2) is 78.9 Å². The molecule has 0 N–H and O–H groups in total. The summed E-state index contributed by atoms with van der Waals surface area (Å²) in [7, 11) is 0. The van der Waals surface area contributed by atoms with Crippen LogP contribution in [0.1, 0.15) is 22.7 Å². The number of nitrogens with zero attached hydrogens (tertiary/aromatic N) is 2. The molecule has 32 heavy (non-hydrogen) atoms. The van der Waals surface area contributed by atoms with Crippen molar-refractivity contribution in [3.05, 3.63) is 106 Å². The van der Waals surface area contributed by atoms with E-state index in [0.29, 0.717) is 15.8 Å². The molecule has 1 amide bonds. The monoisotopic (exact) mass is 484 g/mol. The Balaban J connectivity index is 1.33. The van der Waals surface area contributed by atoms with E-state index in [4.69, 9.17) is 23.2 Å². The lowest BCUT2D eigenvalue weighted by atomic mass is 9.96. The third-order valence-corrected chi connectivity index (χ3v) is 7.47. The second kappa shape index (κ2) is 11.2. The first-order chi connectivity index (χ1) is 15.6. The zero-order chi connectivity index (χ0) is 22.3. The summed E-state index contributed by atoms with van der Waals surface area (Å²) < 4.78 is 0. The van der Waals surface area contributed by atoms with E-state index < -0.39 is 0 Å². The normalized spacial score (nSPS) is 14.7. The molecule has 0 atom stereocenters. The fourth-order valence-corrected chi connectivity index (χ4v) is 5.29. The molecule has 166 valence electrons. The van der Waals surface area contributed by atoms with Crippen molar-refractivity contribution in [1.82, 2.24) is 9.80 Å². The number of hydrogen-bond donors (Lipinski definition) is 0. The van der Waals surface area contributed by atoms with Crippen molar-refractivity contribution in [2.45, 2.75) is 11.8 Å². The van der Waals surface area contributed by atoms with Crippen LogP contribution in [0.25, 0.3) is 0 Å². The van der Waals surface area contributed by atoms with Gasteiger partial charge in [-0.15, -0.1) is 11.8 Å². The molecule has 0 unspecified atom stereocenters. The van der Waals surface area contributed by atoms with Gasteiger partial charge in [-0.1, -0.05) is 89.9 Å². The van der Waals surface area contributed by atoms with E-state index in [0.717, 1.165) is 37.5 Å². The van der Waals surface area contributed by atoms with Crippen LogP contribution in [0.4, 0.5) is 0 Å². The van der Waals surface area contributed by atoms with Crippen molar-refractivity contribution in [1.29, 1.82) is 0 Å². The van der Waals surface area contributed by atoms with Crippen molar-refractivity contribution >= 4 is 40.9 Å². The molecular formula is C26H26Cl2N2OS. The smallest absolute Gasteiger partial charge is 0.232 e. The Kier molecular flexibility index (Phi) is 8.15. The van der Waals surface area contributed by atoms with Gasteiger partial charge in [0.05, 0.1) is 21.8 Å². The van der Waals surface area contributed by atoms with Crippen molar-refractivity contribution < 1.29 is 4.79 Å². The highest BCUT2D eigenvalue weighted by Gasteiger charge is 2.27. The zero-order valence-electron chi connectivity index (χ0n) is 17.8. The van der Waals surface area contributed by atoms with Gasteiger partial charge in [-0.05, 0) is 28.8 Å². The standard InChI is InChI=1S/C26H26Cl2N2OS/c27-23-12-11-20(17-24(23)28)18-32-19-25(31)29-13-15-30(16-14-29)26(21-7-3-1-4-8-21)22-9-5-2-6-10-22/h1-12,17,26H,13-16,18-19H2. The van der Waals surface area contributed by atoms with E-state index in [1.165, 1.54) is 11.1 Å². The highest BCUT2D eigenvalue weighted by Crippen LogP contribution is 2.30. The third kappa shape index (κ3) is 5.87. The lowest BCUT2D eigenvalue weighted by Crippen LogP contribution is -2.50. The number of rotatable bonds is 7. The maximum absolute atomic E-state index is 12.8. The molecule has 0 spiro atoms. The molecule has 0 radical (unpaired) electrons. The van der Waals surface area contributed by atoms with Gasteiger partial charge in [-0.2, -0.15) is 0 Å². The Morgan fingerprint density at radius 3 is 1.97 bits per heavy atom. The summed E-state index contributed by atoms with van der Waals surface area (Å²) in [5.41, 5.74) is 3.65.